The van der Waals surface area contributed by atoms with Crippen molar-refractivity contribution in [3.8, 4) is 5.75 Å². The lowest BCUT2D eigenvalue weighted by Crippen LogP contribution is -1.92. The van der Waals surface area contributed by atoms with Gasteiger partial charge in [-0.25, -0.2) is 0 Å². The highest BCUT2D eigenvalue weighted by Gasteiger charge is 2.17. The van der Waals surface area contributed by atoms with Crippen molar-refractivity contribution in [2.24, 2.45) is 4.99 Å². The first-order chi connectivity index (χ1) is 9.88. The Morgan fingerprint density at radius 2 is 1.95 bits per heavy atom. The van der Waals surface area contributed by atoms with Crippen molar-refractivity contribution in [1.29, 1.82) is 0 Å². The van der Waals surface area contributed by atoms with Crippen LogP contribution in [-0.4, -0.2) is 16.2 Å². The van der Waals surface area contributed by atoms with Crippen LogP contribution in [0, 0.1) is 24.0 Å². The van der Waals surface area contributed by atoms with Crippen molar-refractivity contribution < 1.29 is 10.0 Å². The van der Waals surface area contributed by atoms with E-state index in [1.165, 1.54) is 12.3 Å². The van der Waals surface area contributed by atoms with E-state index in [2.05, 4.69) is 4.99 Å². The summed E-state index contributed by atoms with van der Waals surface area (Å²) in [6.07, 6.45) is 1.36. The molecule has 0 aromatic heterocycles. The van der Waals surface area contributed by atoms with Crippen LogP contribution >= 0.6 is 11.6 Å². The monoisotopic (exact) mass is 304 g/mol. The van der Waals surface area contributed by atoms with Crippen molar-refractivity contribution >= 4 is 29.2 Å². The first-order valence-corrected chi connectivity index (χ1v) is 6.54. The maximum Gasteiger partial charge on any atom is 0.312 e. The van der Waals surface area contributed by atoms with Crippen LogP contribution in [0.3, 0.4) is 0 Å². The molecule has 0 radical (unpaired) electrons. The van der Waals surface area contributed by atoms with Gasteiger partial charge in [0.15, 0.2) is 0 Å². The van der Waals surface area contributed by atoms with Gasteiger partial charge in [0.05, 0.1) is 10.6 Å². The van der Waals surface area contributed by atoms with E-state index in [0.29, 0.717) is 5.69 Å². The van der Waals surface area contributed by atoms with Gasteiger partial charge in [0, 0.05) is 22.9 Å². The van der Waals surface area contributed by atoms with E-state index in [9.17, 15) is 15.2 Å². The van der Waals surface area contributed by atoms with Crippen LogP contribution in [0.25, 0.3) is 0 Å². The van der Waals surface area contributed by atoms with Crippen LogP contribution < -0.4 is 0 Å². The second-order valence-corrected chi connectivity index (χ2v) is 5.08. The molecule has 0 heterocycles. The summed E-state index contributed by atoms with van der Waals surface area (Å²) in [4.78, 5) is 14.4. The molecule has 5 nitrogen and oxygen atoms in total. The van der Waals surface area contributed by atoms with Gasteiger partial charge in [0.1, 0.15) is 0 Å². The number of phenols is 1. The molecule has 0 saturated heterocycles. The molecule has 2 rings (SSSR count). The molecular weight excluding hydrogens is 292 g/mol. The Kier molecular flexibility index (Phi) is 4.23. The van der Waals surface area contributed by atoms with E-state index >= 15 is 0 Å². The minimum Gasteiger partial charge on any atom is -0.502 e. The molecule has 0 aliphatic heterocycles. The summed E-state index contributed by atoms with van der Waals surface area (Å²) in [5.41, 5.74) is 2.69. The van der Waals surface area contributed by atoms with E-state index in [1.807, 2.05) is 32.0 Å². The standard InChI is InChI=1S/C15H13ClN2O3/c1-9-3-4-13(5-10(9)2)17-8-11-6-12(16)7-14(15(11)19)18(20)21/h3-8,19H,1-2H3. The number of nitro benzene ring substituents is 1. The predicted octanol–water partition coefficient (Wildman–Crippen LogP) is 4.32. The summed E-state index contributed by atoms with van der Waals surface area (Å²) in [6.45, 7) is 3.96. The summed E-state index contributed by atoms with van der Waals surface area (Å²) < 4.78 is 0. The van der Waals surface area contributed by atoms with Crippen molar-refractivity contribution in [3.05, 3.63) is 62.2 Å². The van der Waals surface area contributed by atoms with Gasteiger partial charge in [0.25, 0.3) is 0 Å². The molecule has 21 heavy (non-hydrogen) atoms. The van der Waals surface area contributed by atoms with Crippen LogP contribution in [0.2, 0.25) is 5.02 Å². The minimum absolute atomic E-state index is 0.168. The molecule has 0 atom stereocenters. The van der Waals surface area contributed by atoms with Crippen LogP contribution in [0.4, 0.5) is 11.4 Å². The Hall–Kier alpha value is -2.40. The SMILES string of the molecule is Cc1ccc(N=Cc2cc(Cl)cc([N+](=O)[O-])c2O)cc1C. The molecular formula is C15H13ClN2O3. The maximum absolute atomic E-state index is 10.8. The van der Waals surface area contributed by atoms with Crippen LogP contribution in [0.5, 0.6) is 5.75 Å². The van der Waals surface area contributed by atoms with Gasteiger partial charge in [0.2, 0.25) is 5.75 Å². The van der Waals surface area contributed by atoms with E-state index in [-0.39, 0.29) is 10.6 Å². The summed E-state index contributed by atoms with van der Waals surface area (Å²) in [5, 5.41) is 20.9. The number of aromatic hydroxyl groups is 1. The van der Waals surface area contributed by atoms with Crippen LogP contribution in [0.15, 0.2) is 35.3 Å². The Morgan fingerprint density at radius 3 is 2.57 bits per heavy atom. The largest absolute Gasteiger partial charge is 0.502 e. The van der Waals surface area contributed by atoms with Crippen molar-refractivity contribution in [3.63, 3.8) is 0 Å². The third kappa shape index (κ3) is 3.38. The second kappa shape index (κ2) is 5.93. The van der Waals surface area contributed by atoms with Crippen molar-refractivity contribution in [2.45, 2.75) is 13.8 Å². The quantitative estimate of drug-likeness (QED) is 0.521. The van der Waals surface area contributed by atoms with Crippen LogP contribution in [0.1, 0.15) is 16.7 Å². The summed E-state index contributed by atoms with van der Waals surface area (Å²) in [7, 11) is 0. The van der Waals surface area contributed by atoms with E-state index in [1.54, 1.807) is 0 Å². The molecule has 0 spiro atoms. The number of aliphatic imine (C=N–C) groups is 1. The molecule has 2 aromatic carbocycles. The highest BCUT2D eigenvalue weighted by atomic mass is 35.5. The fourth-order valence-corrected chi connectivity index (χ4v) is 2.01. The lowest BCUT2D eigenvalue weighted by atomic mass is 10.1. The number of aryl methyl sites for hydroxylation is 2. The molecule has 0 aliphatic rings. The fraction of sp³-hybridized carbons (Fsp3) is 0.133. The Bertz CT molecular complexity index is 742. The van der Waals surface area contributed by atoms with Crippen molar-refractivity contribution in [2.75, 3.05) is 0 Å². The van der Waals surface area contributed by atoms with Gasteiger partial charge in [-0.05, 0) is 43.2 Å². The number of benzene rings is 2. The molecule has 0 unspecified atom stereocenters. The Labute approximate surface area is 126 Å². The Balaban J connectivity index is 2.41. The zero-order valence-electron chi connectivity index (χ0n) is 11.5. The third-order valence-corrected chi connectivity index (χ3v) is 3.34. The molecule has 0 fully saturated rings. The van der Waals surface area contributed by atoms with Crippen molar-refractivity contribution in [1.82, 2.24) is 0 Å². The van der Waals surface area contributed by atoms with E-state index in [0.717, 1.165) is 17.2 Å². The highest BCUT2D eigenvalue weighted by Crippen LogP contribution is 2.32. The van der Waals surface area contributed by atoms with E-state index < -0.39 is 16.4 Å². The smallest absolute Gasteiger partial charge is 0.312 e. The second-order valence-electron chi connectivity index (χ2n) is 4.65. The van der Waals surface area contributed by atoms with Crippen LogP contribution in [-0.2, 0) is 0 Å². The number of phenolic OH excluding ortho intramolecular Hbond substituents is 1. The van der Waals surface area contributed by atoms with Gasteiger partial charge in [-0.1, -0.05) is 17.7 Å². The summed E-state index contributed by atoms with van der Waals surface area (Å²) in [5.74, 6) is -0.447. The number of halogens is 1. The molecule has 6 heteroatoms. The number of hydrogen-bond donors (Lipinski definition) is 1. The molecule has 0 saturated carbocycles. The number of hydrogen-bond acceptors (Lipinski definition) is 4. The Morgan fingerprint density at radius 1 is 1.24 bits per heavy atom. The lowest BCUT2D eigenvalue weighted by molar-refractivity contribution is -0.385. The van der Waals surface area contributed by atoms with E-state index in [4.69, 9.17) is 11.6 Å². The number of nitrogens with zero attached hydrogens (tertiary/aromatic N) is 2. The maximum atomic E-state index is 10.8. The van der Waals surface area contributed by atoms with Gasteiger partial charge in [-0.15, -0.1) is 0 Å². The highest BCUT2D eigenvalue weighted by molar-refractivity contribution is 6.31. The average Bonchev–Trinajstić information content (AvgIpc) is 2.42. The average molecular weight is 305 g/mol. The molecule has 2 aromatic rings. The zero-order valence-corrected chi connectivity index (χ0v) is 12.3. The van der Waals surface area contributed by atoms with Gasteiger partial charge in [-0.3, -0.25) is 15.1 Å². The normalized spacial score (nSPS) is 11.0. The molecule has 0 aliphatic carbocycles. The topological polar surface area (TPSA) is 75.7 Å². The first kappa shape index (κ1) is 15.0. The molecule has 0 bridgehead atoms. The predicted molar refractivity (Wildman–Crippen MR) is 82.9 cm³/mol. The molecule has 1 N–H and O–H groups in total. The number of nitro groups is 1. The first-order valence-electron chi connectivity index (χ1n) is 6.16. The van der Waals surface area contributed by atoms with Gasteiger partial charge in [-0.2, -0.15) is 0 Å². The number of rotatable bonds is 3. The third-order valence-electron chi connectivity index (χ3n) is 3.12. The zero-order chi connectivity index (χ0) is 15.6. The summed E-state index contributed by atoms with van der Waals surface area (Å²) in [6, 6.07) is 8.18. The van der Waals surface area contributed by atoms with Gasteiger partial charge < -0.3 is 5.11 Å². The fourth-order valence-electron chi connectivity index (χ4n) is 1.79. The molecule has 108 valence electrons. The summed E-state index contributed by atoms with van der Waals surface area (Å²) >= 11 is 5.82. The van der Waals surface area contributed by atoms with Gasteiger partial charge >= 0.3 is 5.69 Å². The minimum atomic E-state index is -0.686. The lowest BCUT2D eigenvalue weighted by Gasteiger charge is -2.03. The molecule has 0 amide bonds.